The van der Waals surface area contributed by atoms with Gasteiger partial charge in [0.15, 0.2) is 0 Å². The van der Waals surface area contributed by atoms with Crippen LogP contribution >= 0.6 is 0 Å². The Bertz CT molecular complexity index is 542. The van der Waals surface area contributed by atoms with Crippen LogP contribution in [0.25, 0.3) is 0 Å². The molecule has 2 aromatic rings. The van der Waals surface area contributed by atoms with Gasteiger partial charge in [-0.1, -0.05) is 18.2 Å². The van der Waals surface area contributed by atoms with Crippen molar-refractivity contribution in [2.45, 2.75) is 32.2 Å². The van der Waals surface area contributed by atoms with Crippen molar-refractivity contribution in [1.29, 1.82) is 0 Å². The fraction of sp³-hybridized carbons (Fsp3) is 0.375. The highest BCUT2D eigenvalue weighted by molar-refractivity contribution is 5.36. The first-order valence-corrected chi connectivity index (χ1v) is 6.68. The number of rotatable bonds is 4. The lowest BCUT2D eigenvalue weighted by Gasteiger charge is -2.03. The Morgan fingerprint density at radius 1 is 1.06 bits per heavy atom. The van der Waals surface area contributed by atoms with Crippen LogP contribution in [0.15, 0.2) is 34.7 Å². The number of nitrogens with one attached hydrogen (secondary N) is 1. The molecular weight excluding hydrogens is 222 g/mol. The summed E-state index contributed by atoms with van der Waals surface area (Å²) >= 11 is 0. The monoisotopic (exact) mass is 241 g/mol. The highest BCUT2D eigenvalue weighted by Crippen LogP contribution is 2.24. The van der Waals surface area contributed by atoms with E-state index in [1.807, 2.05) is 7.05 Å². The maximum Gasteiger partial charge on any atom is 0.117 e. The summed E-state index contributed by atoms with van der Waals surface area (Å²) in [6, 6.07) is 11.0. The molecule has 0 amide bonds. The van der Waals surface area contributed by atoms with Crippen LogP contribution in [0.5, 0.6) is 0 Å². The summed E-state index contributed by atoms with van der Waals surface area (Å²) in [5.74, 6) is 2.06. The van der Waals surface area contributed by atoms with Gasteiger partial charge >= 0.3 is 0 Å². The molecule has 94 valence electrons. The van der Waals surface area contributed by atoms with Crippen molar-refractivity contribution in [3.05, 3.63) is 58.5 Å². The maximum absolute atomic E-state index is 5.78. The number of aryl methyl sites for hydroxylation is 2. The van der Waals surface area contributed by atoms with E-state index in [-0.39, 0.29) is 0 Å². The Morgan fingerprint density at radius 3 is 2.78 bits per heavy atom. The molecule has 18 heavy (non-hydrogen) atoms. The zero-order chi connectivity index (χ0) is 12.4. The van der Waals surface area contributed by atoms with Crippen molar-refractivity contribution in [3.8, 4) is 0 Å². The summed E-state index contributed by atoms with van der Waals surface area (Å²) in [7, 11) is 1.93. The molecule has 0 aliphatic heterocycles. The molecule has 2 heteroatoms. The smallest absolute Gasteiger partial charge is 0.117 e. The average Bonchev–Trinajstić information content (AvgIpc) is 2.98. The van der Waals surface area contributed by atoms with E-state index in [0.717, 1.165) is 24.5 Å². The van der Waals surface area contributed by atoms with E-state index in [1.165, 1.54) is 36.0 Å². The van der Waals surface area contributed by atoms with Gasteiger partial charge in [0.05, 0.1) is 6.54 Å². The van der Waals surface area contributed by atoms with E-state index in [2.05, 4.69) is 35.6 Å². The van der Waals surface area contributed by atoms with Gasteiger partial charge < -0.3 is 9.73 Å². The first-order chi connectivity index (χ1) is 8.85. The predicted molar refractivity (Wildman–Crippen MR) is 72.7 cm³/mol. The van der Waals surface area contributed by atoms with Crippen molar-refractivity contribution in [1.82, 2.24) is 5.32 Å². The fourth-order valence-electron chi connectivity index (χ4n) is 2.72. The summed E-state index contributed by atoms with van der Waals surface area (Å²) in [6.45, 7) is 0.796. The molecular formula is C16H19NO. The molecule has 3 rings (SSSR count). The van der Waals surface area contributed by atoms with Gasteiger partial charge in [-0.2, -0.15) is 0 Å². The zero-order valence-electron chi connectivity index (χ0n) is 10.8. The predicted octanol–water partition coefficient (Wildman–Crippen LogP) is 3.08. The van der Waals surface area contributed by atoms with Gasteiger partial charge in [-0.15, -0.1) is 0 Å². The third-order valence-corrected chi connectivity index (χ3v) is 3.61. The third-order valence-electron chi connectivity index (χ3n) is 3.61. The summed E-state index contributed by atoms with van der Waals surface area (Å²) in [5.41, 5.74) is 4.43. The van der Waals surface area contributed by atoms with Gasteiger partial charge in [-0.05, 0) is 55.1 Å². The summed E-state index contributed by atoms with van der Waals surface area (Å²) in [5, 5.41) is 3.10. The Labute approximate surface area is 108 Å². The second-order valence-electron chi connectivity index (χ2n) is 5.03. The highest BCUT2D eigenvalue weighted by atomic mass is 16.3. The number of furan rings is 1. The Kier molecular flexibility index (Phi) is 3.20. The molecule has 0 radical (unpaired) electrons. The van der Waals surface area contributed by atoms with Crippen LogP contribution in [0.2, 0.25) is 0 Å². The molecule has 1 aliphatic rings. The van der Waals surface area contributed by atoms with Crippen LogP contribution in [0.4, 0.5) is 0 Å². The van der Waals surface area contributed by atoms with Gasteiger partial charge in [0.1, 0.15) is 11.5 Å². The normalized spacial score (nSPS) is 13.8. The molecule has 2 nitrogen and oxygen atoms in total. The van der Waals surface area contributed by atoms with Gasteiger partial charge in [-0.25, -0.2) is 0 Å². The SMILES string of the molecule is CNCc1ccc(Cc2ccc3c(c2)CCC3)o1. The Morgan fingerprint density at radius 2 is 1.89 bits per heavy atom. The average molecular weight is 241 g/mol. The van der Waals surface area contributed by atoms with Crippen LogP contribution < -0.4 is 5.32 Å². The lowest BCUT2D eigenvalue weighted by atomic mass is 10.0. The number of hydrogen-bond acceptors (Lipinski definition) is 2. The Hall–Kier alpha value is -1.54. The summed E-state index contributed by atoms with van der Waals surface area (Å²) in [4.78, 5) is 0. The quantitative estimate of drug-likeness (QED) is 0.890. The third kappa shape index (κ3) is 2.34. The van der Waals surface area contributed by atoms with Gasteiger partial charge in [-0.3, -0.25) is 0 Å². The molecule has 0 spiro atoms. The van der Waals surface area contributed by atoms with E-state index in [0.29, 0.717) is 0 Å². The minimum atomic E-state index is 0.796. The topological polar surface area (TPSA) is 25.2 Å². The standard InChI is InChI=1S/C16H19NO/c1-17-11-16-8-7-15(18-16)10-12-5-6-13-3-2-4-14(13)9-12/h5-9,17H,2-4,10-11H2,1H3. The molecule has 0 bridgehead atoms. The van der Waals surface area contributed by atoms with E-state index in [1.54, 1.807) is 0 Å². The molecule has 0 unspecified atom stereocenters. The van der Waals surface area contributed by atoms with Crippen LogP contribution in [0, 0.1) is 0 Å². The Balaban J connectivity index is 1.75. The van der Waals surface area contributed by atoms with Crippen LogP contribution in [0.3, 0.4) is 0 Å². The zero-order valence-corrected chi connectivity index (χ0v) is 10.8. The van der Waals surface area contributed by atoms with Gasteiger partial charge in [0.2, 0.25) is 0 Å². The molecule has 1 aromatic heterocycles. The largest absolute Gasteiger partial charge is 0.464 e. The second kappa shape index (κ2) is 4.99. The van der Waals surface area contributed by atoms with E-state index >= 15 is 0 Å². The highest BCUT2D eigenvalue weighted by Gasteiger charge is 2.11. The first-order valence-electron chi connectivity index (χ1n) is 6.68. The minimum absolute atomic E-state index is 0.796. The van der Waals surface area contributed by atoms with E-state index in [9.17, 15) is 0 Å². The molecule has 0 saturated carbocycles. The molecule has 1 heterocycles. The first kappa shape index (κ1) is 11.5. The molecule has 0 saturated heterocycles. The van der Waals surface area contributed by atoms with Crippen molar-refractivity contribution in [2.75, 3.05) is 7.05 Å². The van der Waals surface area contributed by atoms with Crippen LogP contribution in [0.1, 0.15) is 34.6 Å². The summed E-state index contributed by atoms with van der Waals surface area (Å²) < 4.78 is 5.78. The second-order valence-corrected chi connectivity index (χ2v) is 5.03. The van der Waals surface area contributed by atoms with E-state index in [4.69, 9.17) is 4.42 Å². The van der Waals surface area contributed by atoms with Crippen LogP contribution in [-0.4, -0.2) is 7.05 Å². The number of hydrogen-bond donors (Lipinski definition) is 1. The van der Waals surface area contributed by atoms with Crippen molar-refractivity contribution >= 4 is 0 Å². The fourth-order valence-corrected chi connectivity index (χ4v) is 2.72. The van der Waals surface area contributed by atoms with Crippen LogP contribution in [-0.2, 0) is 25.8 Å². The number of benzene rings is 1. The van der Waals surface area contributed by atoms with Crippen molar-refractivity contribution < 1.29 is 4.42 Å². The van der Waals surface area contributed by atoms with E-state index < -0.39 is 0 Å². The molecule has 1 N–H and O–H groups in total. The minimum Gasteiger partial charge on any atom is -0.464 e. The molecule has 1 aliphatic carbocycles. The van der Waals surface area contributed by atoms with Gasteiger partial charge in [0, 0.05) is 6.42 Å². The maximum atomic E-state index is 5.78. The lowest BCUT2D eigenvalue weighted by molar-refractivity contribution is 0.462. The van der Waals surface area contributed by atoms with Crippen molar-refractivity contribution in [2.24, 2.45) is 0 Å². The molecule has 0 fully saturated rings. The number of fused-ring (bicyclic) bond motifs is 1. The van der Waals surface area contributed by atoms with Crippen molar-refractivity contribution in [3.63, 3.8) is 0 Å². The molecule has 1 aromatic carbocycles. The summed E-state index contributed by atoms with van der Waals surface area (Å²) in [6.07, 6.45) is 4.71. The van der Waals surface area contributed by atoms with Gasteiger partial charge in [0.25, 0.3) is 0 Å². The molecule has 0 atom stereocenters. The lowest BCUT2D eigenvalue weighted by Crippen LogP contribution is -2.03.